The van der Waals surface area contributed by atoms with Crippen molar-refractivity contribution in [2.45, 2.75) is 32.1 Å². The Morgan fingerprint density at radius 2 is 1.74 bits per heavy atom. The number of pyridine rings is 1. The summed E-state index contributed by atoms with van der Waals surface area (Å²) in [6.45, 7) is 3.79. The minimum absolute atomic E-state index is 0.0822. The molecular weight excluding hydrogens is 513 g/mol. The van der Waals surface area contributed by atoms with E-state index in [4.69, 9.17) is 21.7 Å². The van der Waals surface area contributed by atoms with Crippen LogP contribution in [-0.4, -0.2) is 21.5 Å². The average molecular weight is 537 g/mol. The number of thiocarbonyl (C=S) groups is 1. The van der Waals surface area contributed by atoms with E-state index < -0.39 is 17.8 Å². The number of fused-ring (bicyclic) bond motifs is 1. The molecule has 0 bridgehead atoms. The molecule has 2 aliphatic heterocycles. The second-order valence-electron chi connectivity index (χ2n) is 9.21. The summed E-state index contributed by atoms with van der Waals surface area (Å²) < 4.78 is 54.6. The van der Waals surface area contributed by atoms with Crippen molar-refractivity contribution in [2.75, 3.05) is 11.7 Å². The number of para-hydroxylation sites is 1. The normalized spacial score (nSPS) is 18.7. The maximum Gasteiger partial charge on any atom is 0.418 e. The van der Waals surface area contributed by atoms with E-state index in [1.807, 2.05) is 61.2 Å². The summed E-state index contributed by atoms with van der Waals surface area (Å²) in [4.78, 5) is 6.54. The number of nitrogens with zero attached hydrogens (tertiary/aromatic N) is 3. The molecule has 0 saturated carbocycles. The van der Waals surface area contributed by atoms with Crippen molar-refractivity contribution < 1.29 is 22.6 Å². The van der Waals surface area contributed by atoms with Gasteiger partial charge in [0.1, 0.15) is 0 Å². The molecule has 2 atom stereocenters. The third kappa shape index (κ3) is 3.96. The molecular formula is C28H23F3N4O2S. The molecule has 2 aromatic carbocycles. The van der Waals surface area contributed by atoms with E-state index in [1.54, 1.807) is 16.8 Å². The van der Waals surface area contributed by atoms with Crippen LogP contribution in [0.15, 0.2) is 72.9 Å². The predicted molar refractivity (Wildman–Crippen MR) is 141 cm³/mol. The second kappa shape index (κ2) is 9.05. The van der Waals surface area contributed by atoms with Crippen molar-refractivity contribution in [3.8, 4) is 17.2 Å². The van der Waals surface area contributed by atoms with Crippen LogP contribution in [0.25, 0.3) is 5.69 Å². The zero-order chi connectivity index (χ0) is 26.6. The number of nitrogens with one attached hydrogen (secondary N) is 1. The van der Waals surface area contributed by atoms with Gasteiger partial charge < -0.3 is 24.3 Å². The summed E-state index contributed by atoms with van der Waals surface area (Å²) in [5.74, 6) is 1.25. The van der Waals surface area contributed by atoms with Crippen molar-refractivity contribution in [2.24, 2.45) is 0 Å². The number of halogens is 3. The summed E-state index contributed by atoms with van der Waals surface area (Å²) in [6, 6.07) is 18.0. The molecule has 6 rings (SSSR count). The molecule has 1 N–H and O–H groups in total. The van der Waals surface area contributed by atoms with Crippen LogP contribution < -0.4 is 19.7 Å². The molecule has 0 spiro atoms. The summed E-state index contributed by atoms with van der Waals surface area (Å²) in [5, 5.41) is 3.88. The van der Waals surface area contributed by atoms with Gasteiger partial charge in [-0.15, -0.1) is 0 Å². The van der Waals surface area contributed by atoms with E-state index in [2.05, 4.69) is 10.3 Å². The monoisotopic (exact) mass is 536 g/mol. The second-order valence-corrected chi connectivity index (χ2v) is 9.60. The first kappa shape index (κ1) is 24.3. The van der Waals surface area contributed by atoms with Gasteiger partial charge in [-0.05, 0) is 74.1 Å². The molecule has 0 unspecified atom stereocenters. The standard InChI is InChI=1S/C28H23F3N4O2S/c1-16-13-19(17(2)34(16)22-9-4-3-7-20(22)28(29,30)31)26-25(21-8-5-6-12-32-21)33-27(38)35(26)18-10-11-23-24(14-18)37-15-36-23/h3-14,25-26H,15H2,1-2H3,(H,33,38)/t25-,26-/m1/s1. The van der Waals surface area contributed by atoms with Crippen LogP contribution in [0.1, 0.15) is 40.3 Å². The number of hydrogen-bond acceptors (Lipinski definition) is 4. The molecule has 2 aromatic heterocycles. The number of ether oxygens (including phenoxy) is 2. The van der Waals surface area contributed by atoms with Crippen molar-refractivity contribution in [3.63, 3.8) is 0 Å². The van der Waals surface area contributed by atoms with Crippen molar-refractivity contribution >= 4 is 23.0 Å². The third-order valence-electron chi connectivity index (χ3n) is 6.97. The van der Waals surface area contributed by atoms with E-state index in [1.165, 1.54) is 12.1 Å². The van der Waals surface area contributed by atoms with Crippen LogP contribution in [0.5, 0.6) is 11.5 Å². The first-order valence-electron chi connectivity index (χ1n) is 12.0. The highest BCUT2D eigenvalue weighted by Gasteiger charge is 2.43. The van der Waals surface area contributed by atoms with Crippen molar-refractivity contribution in [1.82, 2.24) is 14.9 Å². The number of benzene rings is 2. The fourth-order valence-electron chi connectivity index (χ4n) is 5.35. The SMILES string of the molecule is Cc1cc([C@@H]2[C@@H](c3ccccn3)NC(=S)N2c2ccc3c(c2)OCO3)c(C)n1-c1ccccc1C(F)(F)F. The summed E-state index contributed by atoms with van der Waals surface area (Å²) in [5.41, 5.74) is 3.13. The number of hydrogen-bond donors (Lipinski definition) is 1. The molecule has 2 aliphatic rings. The summed E-state index contributed by atoms with van der Waals surface area (Å²) >= 11 is 5.81. The summed E-state index contributed by atoms with van der Waals surface area (Å²) in [6.07, 6.45) is -2.78. The van der Waals surface area contributed by atoms with Gasteiger partial charge in [0, 0.05) is 29.3 Å². The molecule has 0 aliphatic carbocycles. The van der Waals surface area contributed by atoms with Crippen molar-refractivity contribution in [3.05, 3.63) is 101 Å². The van der Waals surface area contributed by atoms with Crippen LogP contribution in [0.3, 0.4) is 0 Å². The Kier molecular flexibility index (Phi) is 5.79. The molecule has 0 amide bonds. The Hall–Kier alpha value is -4.05. The molecule has 4 aromatic rings. The number of alkyl halides is 3. The van der Waals surface area contributed by atoms with Crippen molar-refractivity contribution in [1.29, 1.82) is 0 Å². The third-order valence-corrected chi connectivity index (χ3v) is 7.29. The van der Waals surface area contributed by atoms with Gasteiger partial charge in [-0.1, -0.05) is 18.2 Å². The number of aromatic nitrogens is 2. The molecule has 1 saturated heterocycles. The molecule has 0 radical (unpaired) electrons. The Morgan fingerprint density at radius 3 is 2.50 bits per heavy atom. The van der Waals surface area contributed by atoms with Gasteiger partial charge >= 0.3 is 6.18 Å². The van der Waals surface area contributed by atoms with E-state index in [0.29, 0.717) is 28.0 Å². The molecule has 38 heavy (non-hydrogen) atoms. The smallest absolute Gasteiger partial charge is 0.418 e. The highest BCUT2D eigenvalue weighted by Crippen LogP contribution is 2.46. The number of anilines is 1. The molecule has 4 heterocycles. The Morgan fingerprint density at radius 1 is 0.974 bits per heavy atom. The van der Waals surface area contributed by atoms with Gasteiger partial charge in [-0.25, -0.2) is 0 Å². The predicted octanol–water partition coefficient (Wildman–Crippen LogP) is 6.41. The molecule has 10 heteroatoms. The number of rotatable bonds is 4. The van der Waals surface area contributed by atoms with Gasteiger partial charge in [0.05, 0.1) is 29.0 Å². The van der Waals surface area contributed by atoms with Crippen LogP contribution >= 0.6 is 12.2 Å². The maximum absolute atomic E-state index is 14.0. The lowest BCUT2D eigenvalue weighted by Crippen LogP contribution is -2.29. The molecule has 194 valence electrons. The molecule has 6 nitrogen and oxygen atoms in total. The van der Waals surface area contributed by atoms with Crippen LogP contribution in [-0.2, 0) is 6.18 Å². The largest absolute Gasteiger partial charge is 0.454 e. The number of aryl methyl sites for hydroxylation is 1. The Labute approximate surface area is 222 Å². The zero-order valence-corrected chi connectivity index (χ0v) is 21.3. The minimum Gasteiger partial charge on any atom is -0.454 e. The quantitative estimate of drug-likeness (QED) is 0.304. The van der Waals surface area contributed by atoms with Gasteiger partial charge in [0.2, 0.25) is 6.79 Å². The van der Waals surface area contributed by atoms with Gasteiger partial charge in [0.25, 0.3) is 0 Å². The van der Waals surface area contributed by atoms with Gasteiger partial charge in [-0.3, -0.25) is 4.98 Å². The fraction of sp³-hybridized carbons (Fsp3) is 0.214. The first-order valence-corrected chi connectivity index (χ1v) is 12.4. The van der Waals surface area contributed by atoms with Gasteiger partial charge in [0.15, 0.2) is 16.6 Å². The highest BCUT2D eigenvalue weighted by molar-refractivity contribution is 7.80. The lowest BCUT2D eigenvalue weighted by molar-refractivity contribution is -0.137. The first-order chi connectivity index (χ1) is 18.2. The fourth-order valence-corrected chi connectivity index (χ4v) is 5.70. The molecule has 1 fully saturated rings. The van der Waals surface area contributed by atoms with E-state index in [9.17, 15) is 13.2 Å². The van der Waals surface area contributed by atoms with Gasteiger partial charge in [-0.2, -0.15) is 13.2 Å². The highest BCUT2D eigenvalue weighted by atomic mass is 32.1. The maximum atomic E-state index is 14.0. The average Bonchev–Trinajstić information content (AvgIpc) is 3.58. The topological polar surface area (TPSA) is 51.6 Å². The zero-order valence-electron chi connectivity index (χ0n) is 20.5. The minimum atomic E-state index is -4.49. The van der Waals surface area contributed by atoms with Crippen LogP contribution in [0, 0.1) is 13.8 Å². The van der Waals surface area contributed by atoms with E-state index in [-0.39, 0.29) is 18.5 Å². The lowest BCUT2D eigenvalue weighted by atomic mass is 9.96. The Bertz CT molecular complexity index is 1540. The van der Waals surface area contributed by atoms with E-state index >= 15 is 0 Å². The van der Waals surface area contributed by atoms with Crippen LogP contribution in [0.4, 0.5) is 18.9 Å². The van der Waals surface area contributed by atoms with E-state index in [0.717, 1.165) is 23.0 Å². The van der Waals surface area contributed by atoms with Crippen LogP contribution in [0.2, 0.25) is 0 Å². The lowest BCUT2D eigenvalue weighted by Gasteiger charge is -2.28. The Balaban J connectivity index is 1.53. The summed E-state index contributed by atoms with van der Waals surface area (Å²) in [7, 11) is 0.